The molecule has 4 heteroatoms. The van der Waals surface area contributed by atoms with Gasteiger partial charge in [-0.1, -0.05) is 6.07 Å². The molecule has 1 fully saturated rings. The Morgan fingerprint density at radius 2 is 2.33 bits per heavy atom. The molecule has 1 saturated heterocycles. The predicted octanol–water partition coefficient (Wildman–Crippen LogP) is 1.33. The number of rotatable bonds is 4. The minimum absolute atomic E-state index is 0.608. The fourth-order valence-corrected chi connectivity index (χ4v) is 2.25. The third-order valence-electron chi connectivity index (χ3n) is 3.70. The summed E-state index contributed by atoms with van der Waals surface area (Å²) in [5, 5.41) is 3.42. The summed E-state index contributed by atoms with van der Waals surface area (Å²) < 4.78 is 0. The molecule has 0 aromatic carbocycles. The van der Waals surface area contributed by atoms with Crippen LogP contribution in [0.3, 0.4) is 0 Å². The maximum Gasteiger partial charge on any atom is 0.128 e. The van der Waals surface area contributed by atoms with E-state index in [4.69, 9.17) is 0 Å². The standard InChI is InChI=1S/C14H24N4/c1-4-17(3)14-6-5-13(10-16-14)11-18-8-7-15-9-12(18)2/h5-6,10,12,15H,4,7-9,11H2,1-3H3/t12-/m0/s1. The molecule has 0 unspecified atom stereocenters. The molecule has 2 rings (SSSR count). The molecule has 1 atom stereocenters. The van der Waals surface area contributed by atoms with Gasteiger partial charge in [0, 0.05) is 52.0 Å². The summed E-state index contributed by atoms with van der Waals surface area (Å²) in [7, 11) is 2.07. The smallest absolute Gasteiger partial charge is 0.128 e. The van der Waals surface area contributed by atoms with Crippen molar-refractivity contribution >= 4 is 5.82 Å². The van der Waals surface area contributed by atoms with E-state index in [-0.39, 0.29) is 0 Å². The highest BCUT2D eigenvalue weighted by Gasteiger charge is 2.17. The van der Waals surface area contributed by atoms with Crippen LogP contribution in [0.25, 0.3) is 0 Å². The Balaban J connectivity index is 1.97. The first-order valence-corrected chi connectivity index (χ1v) is 6.81. The van der Waals surface area contributed by atoms with Crippen LogP contribution in [0.1, 0.15) is 19.4 Å². The van der Waals surface area contributed by atoms with Crippen LogP contribution in [-0.4, -0.2) is 49.2 Å². The predicted molar refractivity (Wildman–Crippen MR) is 75.9 cm³/mol. The molecule has 1 aliphatic heterocycles. The highest BCUT2D eigenvalue weighted by Crippen LogP contribution is 2.13. The summed E-state index contributed by atoms with van der Waals surface area (Å²) in [6.07, 6.45) is 2.01. The van der Waals surface area contributed by atoms with Crippen molar-refractivity contribution in [3.8, 4) is 0 Å². The molecule has 0 saturated carbocycles. The molecule has 1 aromatic heterocycles. The van der Waals surface area contributed by atoms with Crippen LogP contribution in [0.4, 0.5) is 5.82 Å². The molecule has 0 bridgehead atoms. The lowest BCUT2D eigenvalue weighted by molar-refractivity contribution is 0.165. The summed E-state index contributed by atoms with van der Waals surface area (Å²) >= 11 is 0. The summed E-state index contributed by atoms with van der Waals surface area (Å²) in [4.78, 5) is 9.18. The van der Waals surface area contributed by atoms with Gasteiger partial charge in [0.05, 0.1) is 0 Å². The second kappa shape index (κ2) is 6.16. The van der Waals surface area contributed by atoms with Crippen molar-refractivity contribution in [2.75, 3.05) is 38.1 Å². The normalized spacial score (nSPS) is 20.9. The number of pyridine rings is 1. The SMILES string of the molecule is CCN(C)c1ccc(CN2CCNC[C@@H]2C)cn1. The Morgan fingerprint density at radius 3 is 2.94 bits per heavy atom. The molecule has 18 heavy (non-hydrogen) atoms. The first-order valence-electron chi connectivity index (χ1n) is 6.81. The van der Waals surface area contributed by atoms with Crippen LogP contribution >= 0.6 is 0 Å². The second-order valence-corrected chi connectivity index (χ2v) is 5.06. The van der Waals surface area contributed by atoms with Gasteiger partial charge < -0.3 is 10.2 Å². The van der Waals surface area contributed by atoms with Crippen molar-refractivity contribution < 1.29 is 0 Å². The lowest BCUT2D eigenvalue weighted by Crippen LogP contribution is -2.49. The minimum Gasteiger partial charge on any atom is -0.360 e. The van der Waals surface area contributed by atoms with Crippen molar-refractivity contribution in [2.45, 2.75) is 26.4 Å². The molecular formula is C14H24N4. The molecule has 1 aliphatic rings. The molecule has 0 radical (unpaired) electrons. The summed E-state index contributed by atoms with van der Waals surface area (Å²) in [5.41, 5.74) is 1.30. The maximum absolute atomic E-state index is 4.52. The zero-order chi connectivity index (χ0) is 13.0. The van der Waals surface area contributed by atoms with E-state index in [1.165, 1.54) is 5.56 Å². The minimum atomic E-state index is 0.608. The average Bonchev–Trinajstić information content (AvgIpc) is 2.41. The molecule has 0 amide bonds. The van der Waals surface area contributed by atoms with Crippen molar-refractivity contribution in [3.05, 3.63) is 23.9 Å². The summed E-state index contributed by atoms with van der Waals surface area (Å²) in [6.45, 7) is 9.71. The third-order valence-corrected chi connectivity index (χ3v) is 3.70. The fourth-order valence-electron chi connectivity index (χ4n) is 2.25. The first kappa shape index (κ1) is 13.3. The highest BCUT2D eigenvalue weighted by atomic mass is 15.2. The lowest BCUT2D eigenvalue weighted by atomic mass is 10.2. The van der Waals surface area contributed by atoms with Crippen LogP contribution in [0.5, 0.6) is 0 Å². The van der Waals surface area contributed by atoms with Crippen molar-refractivity contribution in [1.29, 1.82) is 0 Å². The number of hydrogen-bond acceptors (Lipinski definition) is 4. The zero-order valence-electron chi connectivity index (χ0n) is 11.7. The van der Waals surface area contributed by atoms with Gasteiger partial charge in [-0.3, -0.25) is 4.90 Å². The van der Waals surface area contributed by atoms with E-state index in [0.29, 0.717) is 6.04 Å². The average molecular weight is 248 g/mol. The molecule has 1 aromatic rings. The van der Waals surface area contributed by atoms with Crippen LogP contribution < -0.4 is 10.2 Å². The number of aromatic nitrogens is 1. The Hall–Kier alpha value is -1.13. The monoisotopic (exact) mass is 248 g/mol. The molecule has 4 nitrogen and oxygen atoms in total. The van der Waals surface area contributed by atoms with E-state index in [0.717, 1.165) is 38.5 Å². The van der Waals surface area contributed by atoms with Gasteiger partial charge in [-0.05, 0) is 25.5 Å². The molecule has 100 valence electrons. The fraction of sp³-hybridized carbons (Fsp3) is 0.643. The number of anilines is 1. The van der Waals surface area contributed by atoms with E-state index in [9.17, 15) is 0 Å². The third kappa shape index (κ3) is 3.21. The van der Waals surface area contributed by atoms with Crippen LogP contribution in [0.2, 0.25) is 0 Å². The molecule has 0 spiro atoms. The molecular weight excluding hydrogens is 224 g/mol. The number of piperazine rings is 1. The van der Waals surface area contributed by atoms with Gasteiger partial charge in [-0.25, -0.2) is 4.98 Å². The van der Waals surface area contributed by atoms with Crippen molar-refractivity contribution in [3.63, 3.8) is 0 Å². The summed E-state index contributed by atoms with van der Waals surface area (Å²) in [5.74, 6) is 1.05. The lowest BCUT2D eigenvalue weighted by Gasteiger charge is -2.33. The van der Waals surface area contributed by atoms with E-state index in [1.54, 1.807) is 0 Å². The van der Waals surface area contributed by atoms with Gasteiger partial charge >= 0.3 is 0 Å². The molecule has 0 aliphatic carbocycles. The van der Waals surface area contributed by atoms with Crippen LogP contribution in [0, 0.1) is 0 Å². The van der Waals surface area contributed by atoms with Gasteiger partial charge in [0.15, 0.2) is 0 Å². The molecule has 1 N–H and O–H groups in total. The summed E-state index contributed by atoms with van der Waals surface area (Å²) in [6, 6.07) is 4.92. The number of nitrogens with zero attached hydrogens (tertiary/aromatic N) is 3. The van der Waals surface area contributed by atoms with Gasteiger partial charge in [0.1, 0.15) is 5.82 Å². The topological polar surface area (TPSA) is 31.4 Å². The Kier molecular flexibility index (Phi) is 4.55. The Bertz CT molecular complexity index is 363. The largest absolute Gasteiger partial charge is 0.360 e. The number of hydrogen-bond donors (Lipinski definition) is 1. The zero-order valence-corrected chi connectivity index (χ0v) is 11.7. The first-order chi connectivity index (χ1) is 8.70. The Labute approximate surface area is 110 Å². The van der Waals surface area contributed by atoms with Gasteiger partial charge in [-0.2, -0.15) is 0 Å². The van der Waals surface area contributed by atoms with E-state index < -0.39 is 0 Å². The molecule has 2 heterocycles. The Morgan fingerprint density at radius 1 is 1.50 bits per heavy atom. The number of nitrogens with one attached hydrogen (secondary N) is 1. The van der Waals surface area contributed by atoms with Crippen LogP contribution in [0.15, 0.2) is 18.3 Å². The van der Waals surface area contributed by atoms with Gasteiger partial charge in [-0.15, -0.1) is 0 Å². The van der Waals surface area contributed by atoms with E-state index in [1.807, 2.05) is 6.20 Å². The van der Waals surface area contributed by atoms with Crippen molar-refractivity contribution in [2.24, 2.45) is 0 Å². The second-order valence-electron chi connectivity index (χ2n) is 5.06. The van der Waals surface area contributed by atoms with Gasteiger partial charge in [0.2, 0.25) is 0 Å². The maximum atomic E-state index is 4.52. The van der Waals surface area contributed by atoms with Gasteiger partial charge in [0.25, 0.3) is 0 Å². The van der Waals surface area contributed by atoms with Crippen LogP contribution in [-0.2, 0) is 6.54 Å². The van der Waals surface area contributed by atoms with E-state index >= 15 is 0 Å². The van der Waals surface area contributed by atoms with E-state index in [2.05, 4.69) is 53.1 Å². The highest BCUT2D eigenvalue weighted by molar-refractivity contribution is 5.37. The quantitative estimate of drug-likeness (QED) is 0.871. The van der Waals surface area contributed by atoms with Crippen molar-refractivity contribution in [1.82, 2.24) is 15.2 Å².